The van der Waals surface area contributed by atoms with Gasteiger partial charge in [0.2, 0.25) is 11.8 Å². The lowest BCUT2D eigenvalue weighted by Crippen LogP contribution is -2.46. The fourth-order valence-electron chi connectivity index (χ4n) is 2.74. The van der Waals surface area contributed by atoms with Crippen molar-refractivity contribution in [3.63, 3.8) is 0 Å². The molecule has 2 amide bonds. The number of aromatic amines is 1. The third-order valence-corrected chi connectivity index (χ3v) is 4.16. The van der Waals surface area contributed by atoms with Crippen LogP contribution in [0.1, 0.15) is 25.8 Å². The van der Waals surface area contributed by atoms with E-state index in [1.54, 1.807) is 0 Å². The minimum absolute atomic E-state index is 0.166. The summed E-state index contributed by atoms with van der Waals surface area (Å²) < 4.78 is 0. The number of aromatic nitrogens is 1. The van der Waals surface area contributed by atoms with E-state index in [9.17, 15) is 19.5 Å². The Morgan fingerprint density at radius 1 is 1.28 bits per heavy atom. The van der Waals surface area contributed by atoms with Crippen LogP contribution in [0.4, 0.5) is 0 Å². The molecule has 0 spiro atoms. The van der Waals surface area contributed by atoms with E-state index in [-0.39, 0.29) is 31.3 Å². The normalized spacial score (nSPS) is 11.9. The topological polar surface area (TPSA) is 103 Å². The van der Waals surface area contributed by atoms with Crippen molar-refractivity contribution in [1.82, 2.24) is 15.2 Å². The van der Waals surface area contributed by atoms with Gasteiger partial charge >= 0.3 is 5.97 Å². The maximum Gasteiger partial charge on any atom is 0.326 e. The van der Waals surface area contributed by atoms with Crippen LogP contribution in [0.3, 0.4) is 0 Å². The van der Waals surface area contributed by atoms with Gasteiger partial charge in [0.05, 0.1) is 0 Å². The first-order valence-electron chi connectivity index (χ1n) is 8.22. The van der Waals surface area contributed by atoms with Crippen molar-refractivity contribution in [2.24, 2.45) is 0 Å². The second-order valence-corrected chi connectivity index (χ2v) is 5.94. The van der Waals surface area contributed by atoms with Crippen molar-refractivity contribution in [3.8, 4) is 0 Å². The highest BCUT2D eigenvalue weighted by molar-refractivity contribution is 5.86. The van der Waals surface area contributed by atoms with E-state index in [4.69, 9.17) is 0 Å². The second-order valence-electron chi connectivity index (χ2n) is 5.94. The predicted octanol–water partition coefficient (Wildman–Crippen LogP) is 1.54. The third kappa shape index (κ3) is 4.82. The minimum atomic E-state index is -1.07. The number of nitrogens with zero attached hydrogens (tertiary/aromatic N) is 1. The Bertz CT molecular complexity index is 769. The highest BCUT2D eigenvalue weighted by Crippen LogP contribution is 2.19. The number of H-pyrrole nitrogens is 1. The molecule has 1 unspecified atom stereocenters. The fourth-order valence-corrected chi connectivity index (χ4v) is 2.74. The van der Waals surface area contributed by atoms with Crippen LogP contribution in [-0.2, 0) is 20.8 Å². The molecule has 134 valence electrons. The molecule has 0 fully saturated rings. The molecule has 0 aliphatic heterocycles. The number of carbonyl (C=O) groups excluding carboxylic acids is 2. The molecular formula is C18H23N3O4. The molecule has 0 bridgehead atoms. The largest absolute Gasteiger partial charge is 0.480 e. The predicted molar refractivity (Wildman–Crippen MR) is 94.1 cm³/mol. The number of nitrogens with one attached hydrogen (secondary N) is 2. The smallest absolute Gasteiger partial charge is 0.326 e. The summed E-state index contributed by atoms with van der Waals surface area (Å²) in [5, 5.41) is 12.9. The zero-order valence-corrected chi connectivity index (χ0v) is 14.4. The molecule has 0 radical (unpaired) electrons. The monoisotopic (exact) mass is 345 g/mol. The number of fused-ring (bicyclic) bond motifs is 1. The first kappa shape index (κ1) is 18.5. The van der Waals surface area contributed by atoms with Crippen molar-refractivity contribution in [1.29, 1.82) is 0 Å². The number of hydrogen-bond acceptors (Lipinski definition) is 3. The van der Waals surface area contributed by atoms with Crippen molar-refractivity contribution in [3.05, 3.63) is 36.0 Å². The van der Waals surface area contributed by atoms with E-state index in [0.717, 1.165) is 16.5 Å². The molecule has 2 aromatic rings. The number of amides is 2. The molecular weight excluding hydrogens is 322 g/mol. The Labute approximate surface area is 146 Å². The van der Waals surface area contributed by atoms with Gasteiger partial charge in [0.25, 0.3) is 0 Å². The Morgan fingerprint density at radius 2 is 2.00 bits per heavy atom. The molecule has 7 nitrogen and oxygen atoms in total. The zero-order chi connectivity index (χ0) is 18.4. The zero-order valence-electron chi connectivity index (χ0n) is 14.4. The Hall–Kier alpha value is -2.83. The lowest BCUT2D eigenvalue weighted by Gasteiger charge is -2.26. The summed E-state index contributed by atoms with van der Waals surface area (Å²) in [5.41, 5.74) is 2.03. The summed E-state index contributed by atoms with van der Waals surface area (Å²) in [6.07, 6.45) is 2.60. The standard InChI is InChI=1S/C18H23N3O4/c1-12(18(24)25)21(10-9-19-13(2)22)17(23)8-7-14-11-20-16-6-4-3-5-15(14)16/h3-6,11-12,20H,7-10H2,1-2H3,(H,19,22)(H,24,25). The second kappa shape index (κ2) is 8.32. The quantitative estimate of drug-likeness (QED) is 0.675. The molecule has 0 saturated heterocycles. The van der Waals surface area contributed by atoms with Crippen molar-refractivity contribution < 1.29 is 19.5 Å². The number of hydrogen-bond donors (Lipinski definition) is 3. The number of para-hydroxylation sites is 1. The molecule has 0 aliphatic rings. The molecule has 1 aromatic carbocycles. The Morgan fingerprint density at radius 3 is 2.68 bits per heavy atom. The van der Waals surface area contributed by atoms with Gasteiger partial charge in [-0.1, -0.05) is 18.2 Å². The van der Waals surface area contributed by atoms with Gasteiger partial charge in [0.1, 0.15) is 6.04 Å². The number of aliphatic carboxylic acids is 1. The van der Waals surface area contributed by atoms with Gasteiger partial charge in [-0.25, -0.2) is 4.79 Å². The minimum Gasteiger partial charge on any atom is -0.480 e. The van der Waals surface area contributed by atoms with Crippen LogP contribution in [0.15, 0.2) is 30.5 Å². The molecule has 25 heavy (non-hydrogen) atoms. The molecule has 1 aromatic heterocycles. The van der Waals surface area contributed by atoms with Gasteiger partial charge in [0, 0.05) is 43.5 Å². The van der Waals surface area contributed by atoms with E-state index in [1.807, 2.05) is 30.5 Å². The summed E-state index contributed by atoms with van der Waals surface area (Å²) in [7, 11) is 0. The number of carbonyl (C=O) groups is 3. The van der Waals surface area contributed by atoms with Gasteiger partial charge in [0.15, 0.2) is 0 Å². The van der Waals surface area contributed by atoms with Crippen LogP contribution < -0.4 is 5.32 Å². The van der Waals surface area contributed by atoms with Crippen molar-refractivity contribution in [2.45, 2.75) is 32.7 Å². The van der Waals surface area contributed by atoms with Gasteiger partial charge in [-0.2, -0.15) is 0 Å². The number of rotatable bonds is 8. The van der Waals surface area contributed by atoms with E-state index in [0.29, 0.717) is 6.42 Å². The summed E-state index contributed by atoms with van der Waals surface area (Å²) in [6, 6.07) is 6.89. The van der Waals surface area contributed by atoms with Gasteiger partial charge in [-0.05, 0) is 25.0 Å². The van der Waals surface area contributed by atoms with Gasteiger partial charge < -0.3 is 20.3 Å². The summed E-state index contributed by atoms with van der Waals surface area (Å²) >= 11 is 0. The Kier molecular flexibility index (Phi) is 6.16. The first-order chi connectivity index (χ1) is 11.9. The number of carboxylic acids is 1. The van der Waals surface area contributed by atoms with Crippen LogP contribution in [0, 0.1) is 0 Å². The van der Waals surface area contributed by atoms with E-state index in [1.165, 1.54) is 18.7 Å². The third-order valence-electron chi connectivity index (χ3n) is 4.16. The van der Waals surface area contributed by atoms with Crippen LogP contribution in [-0.4, -0.2) is 51.9 Å². The summed E-state index contributed by atoms with van der Waals surface area (Å²) in [4.78, 5) is 39.2. The van der Waals surface area contributed by atoms with Gasteiger partial charge in [-0.3, -0.25) is 9.59 Å². The molecule has 1 heterocycles. The van der Waals surface area contributed by atoms with E-state index >= 15 is 0 Å². The van der Waals surface area contributed by atoms with Crippen LogP contribution in [0.25, 0.3) is 10.9 Å². The van der Waals surface area contributed by atoms with Crippen LogP contribution in [0.5, 0.6) is 0 Å². The molecule has 7 heteroatoms. The fraction of sp³-hybridized carbons (Fsp3) is 0.389. The van der Waals surface area contributed by atoms with Gasteiger partial charge in [-0.15, -0.1) is 0 Å². The number of benzene rings is 1. The maximum absolute atomic E-state index is 12.5. The highest BCUT2D eigenvalue weighted by atomic mass is 16.4. The van der Waals surface area contributed by atoms with E-state index in [2.05, 4.69) is 10.3 Å². The lowest BCUT2D eigenvalue weighted by molar-refractivity contribution is -0.149. The van der Waals surface area contributed by atoms with E-state index < -0.39 is 12.0 Å². The molecule has 1 atom stereocenters. The molecule has 3 N–H and O–H groups in total. The molecule has 2 rings (SSSR count). The van der Waals surface area contributed by atoms with Crippen molar-refractivity contribution >= 4 is 28.7 Å². The number of carboxylic acid groups (broad SMARTS) is 1. The first-order valence-corrected chi connectivity index (χ1v) is 8.22. The average Bonchev–Trinajstić information content (AvgIpc) is 2.99. The summed E-state index contributed by atoms with van der Waals surface area (Å²) in [6.45, 7) is 3.25. The lowest BCUT2D eigenvalue weighted by atomic mass is 10.1. The van der Waals surface area contributed by atoms with Crippen molar-refractivity contribution in [2.75, 3.05) is 13.1 Å². The maximum atomic E-state index is 12.5. The average molecular weight is 345 g/mol. The highest BCUT2D eigenvalue weighted by Gasteiger charge is 2.25. The van der Waals surface area contributed by atoms with Crippen LogP contribution in [0.2, 0.25) is 0 Å². The molecule has 0 saturated carbocycles. The molecule has 0 aliphatic carbocycles. The summed E-state index contributed by atoms with van der Waals surface area (Å²) in [5.74, 6) is -1.53. The number of aryl methyl sites for hydroxylation is 1. The van der Waals surface area contributed by atoms with Crippen LogP contribution >= 0.6 is 0 Å². The SMILES string of the molecule is CC(=O)NCCN(C(=O)CCc1c[nH]c2ccccc12)C(C)C(=O)O. The Balaban J connectivity index is 2.02.